The van der Waals surface area contributed by atoms with E-state index in [1.807, 2.05) is 18.6 Å². The van der Waals surface area contributed by atoms with Crippen molar-refractivity contribution >= 4 is 29.4 Å². The Labute approximate surface area is 173 Å². The number of nitrogens with zero attached hydrogens (tertiary/aromatic N) is 4. The van der Waals surface area contributed by atoms with Crippen LogP contribution in [0, 0.1) is 5.41 Å². The van der Waals surface area contributed by atoms with E-state index in [1.54, 1.807) is 18.0 Å². The Kier molecular flexibility index (Phi) is 8.71. The van der Waals surface area contributed by atoms with E-state index in [2.05, 4.69) is 31.8 Å². The van der Waals surface area contributed by atoms with E-state index in [0.717, 1.165) is 31.3 Å². The van der Waals surface area contributed by atoms with Gasteiger partial charge in [0.15, 0.2) is 0 Å². The lowest BCUT2D eigenvalue weighted by Crippen LogP contribution is -2.50. The first-order valence-electron chi connectivity index (χ1n) is 9.21. The van der Waals surface area contributed by atoms with Crippen LogP contribution in [0.25, 0.3) is 17.5 Å². The van der Waals surface area contributed by atoms with Crippen molar-refractivity contribution < 1.29 is 8.78 Å². The molecule has 3 rings (SSSR count). The third-order valence-corrected chi connectivity index (χ3v) is 4.52. The summed E-state index contributed by atoms with van der Waals surface area (Å²) >= 11 is 1.75. The lowest BCUT2D eigenvalue weighted by Gasteiger charge is -2.38. The van der Waals surface area contributed by atoms with Crippen molar-refractivity contribution in [3.63, 3.8) is 0 Å². The quantitative estimate of drug-likeness (QED) is 0.636. The summed E-state index contributed by atoms with van der Waals surface area (Å²) in [6, 6.07) is 2.15. The molecular weight excluding hydrogens is 396 g/mol. The van der Waals surface area contributed by atoms with Crippen molar-refractivity contribution in [2.75, 3.05) is 24.0 Å². The molecule has 3 heterocycles. The molecule has 1 fully saturated rings. The van der Waals surface area contributed by atoms with E-state index in [-0.39, 0.29) is 12.1 Å². The number of nitrogens with one attached hydrogen (secondary N) is 2. The number of imidazole rings is 1. The Morgan fingerprint density at radius 2 is 2.10 bits per heavy atom. The number of anilines is 1. The minimum atomic E-state index is -2.80. The van der Waals surface area contributed by atoms with Crippen molar-refractivity contribution in [2.24, 2.45) is 5.73 Å². The molecule has 4 N–H and O–H groups in total. The third-order valence-electron chi connectivity index (χ3n) is 4.52. The van der Waals surface area contributed by atoms with Crippen molar-refractivity contribution in [1.82, 2.24) is 19.9 Å². The lowest BCUT2D eigenvalue weighted by molar-refractivity contribution is 0.226. The highest BCUT2D eigenvalue weighted by molar-refractivity contribution is 7.97. The molecule has 0 amide bonds. The van der Waals surface area contributed by atoms with Gasteiger partial charge in [-0.2, -0.15) is 11.8 Å². The van der Waals surface area contributed by atoms with Gasteiger partial charge in [-0.25, -0.2) is 23.7 Å². The summed E-state index contributed by atoms with van der Waals surface area (Å²) in [5.74, 6) is 1.17. The lowest BCUT2D eigenvalue weighted by atomic mass is 9.98. The smallest absolute Gasteiger partial charge is 0.279 e. The van der Waals surface area contributed by atoms with Crippen LogP contribution in [0.15, 0.2) is 24.7 Å². The van der Waals surface area contributed by atoms with Gasteiger partial charge < -0.3 is 15.6 Å². The molecule has 0 aliphatic carbocycles. The highest BCUT2D eigenvalue weighted by Gasteiger charge is 2.26. The Balaban J connectivity index is 0.000000941. The van der Waals surface area contributed by atoms with E-state index in [0.29, 0.717) is 17.2 Å². The van der Waals surface area contributed by atoms with Crippen molar-refractivity contribution in [3.05, 3.63) is 30.5 Å². The molecule has 1 aliphatic heterocycles. The van der Waals surface area contributed by atoms with Gasteiger partial charge in [-0.3, -0.25) is 5.41 Å². The molecule has 29 heavy (non-hydrogen) atoms. The SMILES string of the molecule is CC1C(N)CCCN1c1cc(-c2cnc(/C=C\C(=N)C(F)F)[nH]2)ncn1.CSC. The molecular formula is C19H27F2N7S. The predicted molar refractivity (Wildman–Crippen MR) is 116 cm³/mol. The molecule has 2 unspecified atom stereocenters. The molecule has 0 spiro atoms. The number of halogens is 2. The normalized spacial score (nSPS) is 19.3. The fourth-order valence-corrected chi connectivity index (χ4v) is 2.94. The highest BCUT2D eigenvalue weighted by Crippen LogP contribution is 2.25. The number of thioether (sulfide) groups is 1. The summed E-state index contributed by atoms with van der Waals surface area (Å²) < 4.78 is 24.7. The number of aromatic amines is 1. The molecule has 0 radical (unpaired) electrons. The maximum absolute atomic E-state index is 12.3. The zero-order valence-electron chi connectivity index (χ0n) is 16.8. The molecule has 2 atom stereocenters. The van der Waals surface area contributed by atoms with Crippen LogP contribution >= 0.6 is 11.8 Å². The number of H-pyrrole nitrogens is 1. The summed E-state index contributed by atoms with van der Waals surface area (Å²) in [7, 11) is 0. The monoisotopic (exact) mass is 423 g/mol. The van der Waals surface area contributed by atoms with Gasteiger partial charge in [-0.1, -0.05) is 0 Å². The average molecular weight is 424 g/mol. The van der Waals surface area contributed by atoms with Crippen LogP contribution in [0.4, 0.5) is 14.6 Å². The van der Waals surface area contributed by atoms with Crippen molar-refractivity contribution in [3.8, 4) is 11.4 Å². The summed E-state index contributed by atoms with van der Waals surface area (Å²) in [5.41, 5.74) is 6.69. The van der Waals surface area contributed by atoms with Crippen LogP contribution in [0.2, 0.25) is 0 Å². The molecule has 0 bridgehead atoms. The zero-order chi connectivity index (χ0) is 21.4. The number of hydrogen-bond donors (Lipinski definition) is 3. The summed E-state index contributed by atoms with van der Waals surface area (Å²) in [6.45, 7) is 2.97. The van der Waals surface area contributed by atoms with Crippen LogP contribution < -0.4 is 10.6 Å². The standard InChI is InChI=1S/C17H21F2N7.C2H6S/c1-10-11(20)3-2-6-26(10)16-7-13(23-9-24-16)14-8-22-15(25-14)5-4-12(21)17(18)19;1-3-2/h4-5,7-11,17,21H,2-3,6,20H2,1H3,(H,22,25);1-2H3/b5-4-,21-12?;. The minimum absolute atomic E-state index is 0.108. The van der Waals surface area contributed by atoms with E-state index in [4.69, 9.17) is 11.1 Å². The van der Waals surface area contributed by atoms with E-state index in [1.165, 1.54) is 12.4 Å². The van der Waals surface area contributed by atoms with E-state index in [9.17, 15) is 8.78 Å². The van der Waals surface area contributed by atoms with Gasteiger partial charge in [0.25, 0.3) is 6.43 Å². The predicted octanol–water partition coefficient (Wildman–Crippen LogP) is 3.46. The van der Waals surface area contributed by atoms with Gasteiger partial charge in [-0.05, 0) is 44.4 Å². The molecule has 7 nitrogen and oxygen atoms in total. The summed E-state index contributed by atoms with van der Waals surface area (Å²) in [4.78, 5) is 17.9. The van der Waals surface area contributed by atoms with Gasteiger partial charge in [-0.15, -0.1) is 0 Å². The second-order valence-electron chi connectivity index (χ2n) is 6.68. The molecule has 2 aromatic rings. The molecule has 158 valence electrons. The Hall–Kier alpha value is -2.33. The topological polar surface area (TPSA) is 108 Å². The second-order valence-corrected chi connectivity index (χ2v) is 7.50. The van der Waals surface area contributed by atoms with Gasteiger partial charge in [0.1, 0.15) is 18.0 Å². The minimum Gasteiger partial charge on any atom is -0.352 e. The van der Waals surface area contributed by atoms with Gasteiger partial charge in [0.2, 0.25) is 0 Å². The molecule has 0 saturated carbocycles. The average Bonchev–Trinajstić information content (AvgIpc) is 3.18. The van der Waals surface area contributed by atoms with Crippen LogP contribution in [-0.2, 0) is 0 Å². The fraction of sp³-hybridized carbons (Fsp3) is 0.474. The first-order valence-corrected chi connectivity index (χ1v) is 10.8. The Morgan fingerprint density at radius 1 is 1.38 bits per heavy atom. The Bertz CT molecular complexity index is 824. The number of nitrogens with two attached hydrogens (primary N) is 1. The Morgan fingerprint density at radius 3 is 2.79 bits per heavy atom. The number of rotatable bonds is 5. The number of allylic oxidation sites excluding steroid dienone is 1. The van der Waals surface area contributed by atoms with Crippen LogP contribution in [0.5, 0.6) is 0 Å². The van der Waals surface area contributed by atoms with E-state index < -0.39 is 12.1 Å². The highest BCUT2D eigenvalue weighted by atomic mass is 32.2. The number of aromatic nitrogens is 4. The second kappa shape index (κ2) is 11.0. The fourth-order valence-electron chi connectivity index (χ4n) is 2.94. The van der Waals surface area contributed by atoms with Crippen LogP contribution in [0.1, 0.15) is 25.6 Å². The zero-order valence-corrected chi connectivity index (χ0v) is 17.6. The molecule has 1 saturated heterocycles. The van der Waals surface area contributed by atoms with Gasteiger partial charge in [0.05, 0.1) is 23.3 Å². The van der Waals surface area contributed by atoms with E-state index >= 15 is 0 Å². The van der Waals surface area contributed by atoms with Crippen LogP contribution in [0.3, 0.4) is 0 Å². The summed E-state index contributed by atoms with van der Waals surface area (Å²) in [6.07, 6.45) is 8.72. The number of alkyl halides is 2. The van der Waals surface area contributed by atoms with Crippen molar-refractivity contribution in [2.45, 2.75) is 38.3 Å². The van der Waals surface area contributed by atoms with Gasteiger partial charge >= 0.3 is 0 Å². The number of hydrogen-bond acceptors (Lipinski definition) is 7. The van der Waals surface area contributed by atoms with Crippen molar-refractivity contribution in [1.29, 1.82) is 5.41 Å². The maximum atomic E-state index is 12.3. The first-order chi connectivity index (χ1) is 13.9. The molecule has 2 aromatic heterocycles. The van der Waals surface area contributed by atoms with Gasteiger partial charge in [0, 0.05) is 24.7 Å². The maximum Gasteiger partial charge on any atom is 0.279 e. The number of piperidine rings is 1. The van der Waals surface area contributed by atoms with Crippen LogP contribution in [-0.4, -0.2) is 63.2 Å². The third kappa shape index (κ3) is 6.33. The largest absolute Gasteiger partial charge is 0.352 e. The molecule has 1 aliphatic rings. The first kappa shape index (κ1) is 23.0. The molecule has 10 heteroatoms. The molecule has 0 aromatic carbocycles. The summed E-state index contributed by atoms with van der Waals surface area (Å²) in [5, 5.41) is 7.13.